The van der Waals surface area contributed by atoms with Crippen LogP contribution in [0.4, 0.5) is 13.2 Å². The summed E-state index contributed by atoms with van der Waals surface area (Å²) in [5.74, 6) is 3.22. The van der Waals surface area contributed by atoms with Gasteiger partial charge in [-0.3, -0.25) is 4.79 Å². The molecule has 1 heterocycles. The highest BCUT2D eigenvalue weighted by Crippen LogP contribution is 2.29. The molecule has 0 fully saturated rings. The maximum absolute atomic E-state index is 12.4. The highest BCUT2D eigenvalue weighted by molar-refractivity contribution is 5.95. The lowest BCUT2D eigenvalue weighted by Crippen LogP contribution is -2.23. The average Bonchev–Trinajstić information content (AvgIpc) is 2.97. The summed E-state index contributed by atoms with van der Waals surface area (Å²) < 4.78 is 41.4. The first kappa shape index (κ1) is 15.6. The van der Waals surface area contributed by atoms with Crippen molar-refractivity contribution in [2.45, 2.75) is 13.1 Å². The molecule has 22 heavy (non-hydrogen) atoms. The fraction of sp³-hybridized carbons (Fsp3) is 0.214. The van der Waals surface area contributed by atoms with Crippen molar-refractivity contribution in [1.82, 2.24) is 15.5 Å². The van der Waals surface area contributed by atoms with Gasteiger partial charge in [0.1, 0.15) is 0 Å². The first-order valence-electron chi connectivity index (χ1n) is 6.11. The molecule has 1 N–H and O–H groups in total. The average molecular weight is 309 g/mol. The van der Waals surface area contributed by atoms with Crippen LogP contribution in [-0.2, 0) is 6.18 Å². The minimum atomic E-state index is -4.71. The number of halogens is 3. The van der Waals surface area contributed by atoms with Crippen LogP contribution in [-0.4, -0.2) is 22.6 Å². The van der Waals surface area contributed by atoms with Crippen molar-refractivity contribution in [3.8, 4) is 23.2 Å². The zero-order valence-corrected chi connectivity index (χ0v) is 11.4. The first-order valence-corrected chi connectivity index (χ1v) is 6.11. The molecule has 0 aliphatic carbocycles. The van der Waals surface area contributed by atoms with E-state index in [2.05, 4.69) is 31.8 Å². The Balaban J connectivity index is 2.22. The second kappa shape index (κ2) is 6.30. The Labute approximate surface area is 123 Å². The lowest BCUT2D eigenvalue weighted by Gasteiger charge is -2.02. The Bertz CT molecular complexity index is 742. The molecule has 8 heteroatoms. The molecule has 0 aliphatic rings. The van der Waals surface area contributed by atoms with Gasteiger partial charge >= 0.3 is 12.1 Å². The Kier molecular flexibility index (Phi) is 4.46. The van der Waals surface area contributed by atoms with Gasteiger partial charge in [-0.05, 0) is 19.1 Å². The van der Waals surface area contributed by atoms with Crippen LogP contribution in [0.25, 0.3) is 11.4 Å². The molecule has 1 aromatic carbocycles. The topological polar surface area (TPSA) is 68.0 Å². The van der Waals surface area contributed by atoms with E-state index in [0.717, 1.165) is 0 Å². The maximum atomic E-state index is 12.4. The summed E-state index contributed by atoms with van der Waals surface area (Å²) in [6, 6.07) is 5.88. The van der Waals surface area contributed by atoms with Gasteiger partial charge in [0.25, 0.3) is 5.91 Å². The van der Waals surface area contributed by atoms with Crippen LogP contribution >= 0.6 is 0 Å². The molecule has 0 unspecified atom stereocenters. The van der Waals surface area contributed by atoms with Crippen LogP contribution in [0.3, 0.4) is 0 Å². The van der Waals surface area contributed by atoms with E-state index in [9.17, 15) is 18.0 Å². The van der Waals surface area contributed by atoms with Gasteiger partial charge in [0, 0.05) is 11.1 Å². The Morgan fingerprint density at radius 3 is 2.82 bits per heavy atom. The number of hydrogen-bond acceptors (Lipinski definition) is 4. The van der Waals surface area contributed by atoms with Crippen LogP contribution < -0.4 is 5.32 Å². The molecule has 114 valence electrons. The molecule has 0 aliphatic heterocycles. The van der Waals surface area contributed by atoms with Crippen LogP contribution in [0.1, 0.15) is 23.2 Å². The summed E-state index contributed by atoms with van der Waals surface area (Å²) in [7, 11) is 0. The molecule has 0 spiro atoms. The molecule has 0 saturated carbocycles. The predicted molar refractivity (Wildman–Crippen MR) is 70.5 cm³/mol. The van der Waals surface area contributed by atoms with Gasteiger partial charge in [-0.2, -0.15) is 18.2 Å². The van der Waals surface area contributed by atoms with E-state index in [-0.39, 0.29) is 23.5 Å². The molecular formula is C14H10F3N3O2. The van der Waals surface area contributed by atoms with Gasteiger partial charge in [-0.15, -0.1) is 5.92 Å². The quantitative estimate of drug-likeness (QED) is 0.885. The van der Waals surface area contributed by atoms with Crippen molar-refractivity contribution < 1.29 is 22.5 Å². The summed E-state index contributed by atoms with van der Waals surface area (Å²) in [6.07, 6.45) is -4.71. The fourth-order valence-electron chi connectivity index (χ4n) is 1.57. The number of nitrogens with zero attached hydrogens (tertiary/aromatic N) is 2. The SMILES string of the molecule is CC#CCNC(=O)c1cccc(-c2noc(C(F)(F)F)n2)c1. The summed E-state index contributed by atoms with van der Waals surface area (Å²) >= 11 is 0. The highest BCUT2D eigenvalue weighted by Gasteiger charge is 2.38. The first-order chi connectivity index (χ1) is 10.4. The molecule has 0 radical (unpaired) electrons. The second-order valence-corrected chi connectivity index (χ2v) is 4.11. The minimum absolute atomic E-state index is 0.181. The summed E-state index contributed by atoms with van der Waals surface area (Å²) in [5.41, 5.74) is 0.502. The minimum Gasteiger partial charge on any atom is -0.341 e. The smallest absolute Gasteiger partial charge is 0.341 e. The normalized spacial score (nSPS) is 10.7. The van der Waals surface area contributed by atoms with E-state index in [1.807, 2.05) is 0 Å². The highest BCUT2D eigenvalue weighted by atomic mass is 19.4. The number of nitrogens with one attached hydrogen (secondary N) is 1. The van der Waals surface area contributed by atoms with Gasteiger partial charge in [-0.25, -0.2) is 0 Å². The third kappa shape index (κ3) is 3.63. The lowest BCUT2D eigenvalue weighted by atomic mass is 10.1. The van der Waals surface area contributed by atoms with Crippen molar-refractivity contribution >= 4 is 5.91 Å². The molecule has 5 nitrogen and oxygen atoms in total. The summed E-state index contributed by atoms with van der Waals surface area (Å²) in [5, 5.41) is 5.82. The molecule has 0 bridgehead atoms. The van der Waals surface area contributed by atoms with Crippen LogP contribution in [0.15, 0.2) is 28.8 Å². The maximum Gasteiger partial charge on any atom is 0.471 e. The number of alkyl halides is 3. The van der Waals surface area contributed by atoms with Crippen molar-refractivity contribution in [3.63, 3.8) is 0 Å². The van der Waals surface area contributed by atoms with Gasteiger partial charge < -0.3 is 9.84 Å². The number of amides is 1. The molecule has 2 aromatic rings. The number of rotatable bonds is 3. The Hall–Kier alpha value is -2.82. The molecule has 0 atom stereocenters. The number of benzene rings is 1. The van der Waals surface area contributed by atoms with E-state index < -0.39 is 18.0 Å². The Morgan fingerprint density at radius 2 is 2.18 bits per heavy atom. The molecular weight excluding hydrogens is 299 g/mol. The molecule has 2 rings (SSSR count). The third-order valence-corrected chi connectivity index (χ3v) is 2.57. The zero-order valence-electron chi connectivity index (χ0n) is 11.4. The van der Waals surface area contributed by atoms with Crippen molar-refractivity contribution in [2.24, 2.45) is 0 Å². The van der Waals surface area contributed by atoms with E-state index in [4.69, 9.17) is 0 Å². The van der Waals surface area contributed by atoms with Crippen molar-refractivity contribution in [2.75, 3.05) is 6.54 Å². The number of hydrogen-bond donors (Lipinski definition) is 1. The van der Waals surface area contributed by atoms with Crippen molar-refractivity contribution in [1.29, 1.82) is 0 Å². The lowest BCUT2D eigenvalue weighted by molar-refractivity contribution is -0.159. The fourth-order valence-corrected chi connectivity index (χ4v) is 1.57. The predicted octanol–water partition coefficient (Wildman–Crippen LogP) is 2.51. The summed E-state index contributed by atoms with van der Waals surface area (Å²) in [4.78, 5) is 15.1. The number of aromatic nitrogens is 2. The van der Waals surface area contributed by atoms with Gasteiger partial charge in [-0.1, -0.05) is 23.2 Å². The largest absolute Gasteiger partial charge is 0.471 e. The van der Waals surface area contributed by atoms with E-state index in [1.165, 1.54) is 24.3 Å². The summed E-state index contributed by atoms with van der Waals surface area (Å²) in [6.45, 7) is 1.82. The Morgan fingerprint density at radius 1 is 1.41 bits per heavy atom. The molecule has 0 saturated heterocycles. The number of carbonyl (C=O) groups excluding carboxylic acids is 1. The molecule has 1 aromatic heterocycles. The number of carbonyl (C=O) groups is 1. The molecule has 1 amide bonds. The van der Waals surface area contributed by atoms with Gasteiger partial charge in [0.05, 0.1) is 6.54 Å². The van der Waals surface area contributed by atoms with Crippen LogP contribution in [0.5, 0.6) is 0 Å². The van der Waals surface area contributed by atoms with E-state index in [1.54, 1.807) is 6.92 Å². The van der Waals surface area contributed by atoms with E-state index >= 15 is 0 Å². The second-order valence-electron chi connectivity index (χ2n) is 4.11. The van der Waals surface area contributed by atoms with Crippen molar-refractivity contribution in [3.05, 3.63) is 35.7 Å². The van der Waals surface area contributed by atoms with Crippen LogP contribution in [0, 0.1) is 11.8 Å². The van der Waals surface area contributed by atoms with Gasteiger partial charge in [0.15, 0.2) is 0 Å². The third-order valence-electron chi connectivity index (χ3n) is 2.57. The van der Waals surface area contributed by atoms with E-state index in [0.29, 0.717) is 0 Å². The standard InChI is InChI=1S/C14H10F3N3O2/c1-2-3-7-18-12(21)10-6-4-5-9(8-10)11-19-13(22-20-11)14(15,16)17/h4-6,8H,7H2,1H3,(H,18,21). The zero-order chi connectivity index (χ0) is 16.2. The van der Waals surface area contributed by atoms with Gasteiger partial charge in [0.2, 0.25) is 5.82 Å². The monoisotopic (exact) mass is 309 g/mol. The van der Waals surface area contributed by atoms with Crippen LogP contribution in [0.2, 0.25) is 0 Å².